The fourth-order valence-corrected chi connectivity index (χ4v) is 1.05. The van der Waals surface area contributed by atoms with E-state index in [-0.39, 0.29) is 11.4 Å². The Bertz CT molecular complexity index is 390. The van der Waals surface area contributed by atoms with Gasteiger partial charge < -0.3 is 10.5 Å². The largest absolute Gasteiger partial charge is 0.490 e. The third kappa shape index (κ3) is 1.63. The molecule has 0 aromatic heterocycles. The van der Waals surface area contributed by atoms with Crippen LogP contribution in [0.1, 0.15) is 5.56 Å². The Kier molecular flexibility index (Phi) is 2.66. The summed E-state index contributed by atoms with van der Waals surface area (Å²) < 4.78 is 4.81. The molecule has 14 heavy (non-hydrogen) atoms. The molecule has 0 fully saturated rings. The molecule has 0 heterocycles. The van der Waals surface area contributed by atoms with Crippen molar-refractivity contribution in [3.63, 3.8) is 0 Å². The van der Waals surface area contributed by atoms with Crippen molar-refractivity contribution in [1.29, 1.82) is 0 Å². The van der Waals surface area contributed by atoms with E-state index in [4.69, 9.17) is 15.9 Å². The maximum absolute atomic E-state index is 10.6. The summed E-state index contributed by atoms with van der Waals surface area (Å²) in [4.78, 5) is 10.0. The van der Waals surface area contributed by atoms with Gasteiger partial charge in [0.1, 0.15) is 0 Å². The molecule has 0 aliphatic carbocycles. The van der Waals surface area contributed by atoms with E-state index in [9.17, 15) is 10.1 Å². The lowest BCUT2D eigenvalue weighted by Crippen LogP contribution is -2.30. The Labute approximate surface area is 80.0 Å². The van der Waals surface area contributed by atoms with Gasteiger partial charge in [-0.3, -0.25) is 15.5 Å². The van der Waals surface area contributed by atoms with E-state index >= 15 is 0 Å². The maximum Gasteiger partial charge on any atom is 0.311 e. The van der Waals surface area contributed by atoms with Crippen LogP contribution in [-0.2, 0) is 0 Å². The van der Waals surface area contributed by atoms with Gasteiger partial charge in [-0.1, -0.05) is 0 Å². The molecule has 4 N–H and O–H groups in total. The number of nitrogens with two attached hydrogens (primary N) is 2. The first-order valence-corrected chi connectivity index (χ1v) is 3.77. The fraction of sp³-hybridized carbons (Fsp3) is 0.125. The summed E-state index contributed by atoms with van der Waals surface area (Å²) in [6.07, 6.45) is 1.21. The number of nitrogens with zero attached hydrogens (tertiary/aromatic N) is 1. The second-order valence-electron chi connectivity index (χ2n) is 2.58. The molecule has 0 bridgehead atoms. The van der Waals surface area contributed by atoms with Crippen LogP contribution < -0.4 is 15.9 Å². The highest BCUT2D eigenvalue weighted by Crippen LogP contribution is 2.30. The van der Waals surface area contributed by atoms with E-state index in [1.54, 1.807) is 0 Å². The Hall–Kier alpha value is -2.11. The quantitative estimate of drug-likeness (QED) is 0.290. The number of nitrogen functional groups attached to an aromatic ring is 1. The zero-order valence-electron chi connectivity index (χ0n) is 7.56. The number of ether oxygens (including phenoxy) is 1. The summed E-state index contributed by atoms with van der Waals surface area (Å²) in [5.41, 5.74) is 6.17. The lowest BCUT2D eigenvalue weighted by Gasteiger charge is -2.03. The van der Waals surface area contributed by atoms with Crippen molar-refractivity contribution >= 4 is 17.6 Å². The summed E-state index contributed by atoms with van der Waals surface area (Å²) in [7, 11) is 1.34. The molecule has 74 valence electrons. The van der Waals surface area contributed by atoms with Gasteiger partial charge in [0.05, 0.1) is 17.6 Å². The molecule has 0 atom stereocenters. The molecule has 0 saturated heterocycles. The number of benzene rings is 1. The van der Waals surface area contributed by atoms with Crippen LogP contribution in [0, 0.1) is 10.1 Å². The lowest BCUT2D eigenvalue weighted by molar-refractivity contribution is -0.385. The number of anilines is 1. The summed E-state index contributed by atoms with van der Waals surface area (Å²) in [5.74, 6) is 0.123. The van der Waals surface area contributed by atoms with E-state index in [1.165, 1.54) is 25.5 Å². The maximum atomic E-state index is 10.6. The number of hydrogen-bond donors (Lipinski definition) is 2. The predicted octanol–water partition coefficient (Wildman–Crippen LogP) is -0.636. The molecule has 1 aromatic carbocycles. The molecule has 6 nitrogen and oxygen atoms in total. The molecule has 0 aliphatic rings. The van der Waals surface area contributed by atoms with Crippen molar-refractivity contribution < 1.29 is 15.1 Å². The van der Waals surface area contributed by atoms with Crippen molar-refractivity contribution in [2.75, 3.05) is 12.8 Å². The zero-order valence-corrected chi connectivity index (χ0v) is 7.56. The van der Waals surface area contributed by atoms with Crippen LogP contribution in [0.2, 0.25) is 0 Å². The molecule has 1 aromatic rings. The van der Waals surface area contributed by atoms with Gasteiger partial charge >= 0.3 is 5.69 Å². The smallest absolute Gasteiger partial charge is 0.311 e. The minimum absolute atomic E-state index is 0.123. The fourth-order valence-electron chi connectivity index (χ4n) is 1.05. The van der Waals surface area contributed by atoms with Crippen molar-refractivity contribution in [3.8, 4) is 5.75 Å². The van der Waals surface area contributed by atoms with Gasteiger partial charge in [0, 0.05) is 17.8 Å². The first-order valence-electron chi connectivity index (χ1n) is 3.77. The highest BCUT2D eigenvalue weighted by Gasteiger charge is 2.17. The van der Waals surface area contributed by atoms with Crippen molar-refractivity contribution in [2.45, 2.75) is 0 Å². The Balaban J connectivity index is 3.39. The van der Waals surface area contributed by atoms with E-state index in [2.05, 4.69) is 0 Å². The molecule has 0 spiro atoms. The van der Waals surface area contributed by atoms with Crippen LogP contribution >= 0.6 is 0 Å². The second kappa shape index (κ2) is 3.73. The summed E-state index contributed by atoms with van der Waals surface area (Å²) >= 11 is 0. The van der Waals surface area contributed by atoms with E-state index < -0.39 is 4.92 Å². The predicted molar refractivity (Wildman–Crippen MR) is 51.2 cm³/mol. The van der Waals surface area contributed by atoms with Crippen LogP contribution in [0.5, 0.6) is 5.75 Å². The summed E-state index contributed by atoms with van der Waals surface area (Å²) in [6.45, 7) is 0. The molecule has 1 rings (SSSR count). The van der Waals surface area contributed by atoms with Gasteiger partial charge in [-0.05, 0) is 0 Å². The van der Waals surface area contributed by atoms with E-state index in [0.29, 0.717) is 11.3 Å². The number of methoxy groups -OCH3 is 1. The standard InChI is InChI=1S/C8H9N3O3/c1-14-8-3-6(10)5(4-9)2-7(8)11(12)13/h2-4,9H,10H2,1H3/p+1. The van der Waals surface area contributed by atoms with Gasteiger partial charge in [0.15, 0.2) is 12.0 Å². The Morgan fingerprint density at radius 3 is 2.71 bits per heavy atom. The molecule has 0 aliphatic heterocycles. The highest BCUT2D eigenvalue weighted by atomic mass is 16.6. The lowest BCUT2D eigenvalue weighted by atomic mass is 10.1. The van der Waals surface area contributed by atoms with Crippen molar-refractivity contribution in [1.82, 2.24) is 0 Å². The average Bonchev–Trinajstić information content (AvgIpc) is 2.16. The van der Waals surface area contributed by atoms with Gasteiger partial charge in [0.25, 0.3) is 0 Å². The van der Waals surface area contributed by atoms with Crippen LogP contribution in [0.3, 0.4) is 0 Å². The number of nitro benzene ring substituents is 1. The Morgan fingerprint density at radius 1 is 1.64 bits per heavy atom. The molecular weight excluding hydrogens is 186 g/mol. The topological polar surface area (TPSA) is 104 Å². The SMILES string of the molecule is COc1cc(N)c(C=[NH2+])cc1[N+](=O)[O-]. The monoisotopic (exact) mass is 196 g/mol. The van der Waals surface area contributed by atoms with Crippen molar-refractivity contribution in [3.05, 3.63) is 27.8 Å². The number of nitro groups is 1. The van der Waals surface area contributed by atoms with Crippen LogP contribution in [0.4, 0.5) is 11.4 Å². The first-order chi connectivity index (χ1) is 6.60. The van der Waals surface area contributed by atoms with Crippen molar-refractivity contribution in [2.24, 2.45) is 0 Å². The third-order valence-electron chi connectivity index (χ3n) is 1.76. The minimum Gasteiger partial charge on any atom is -0.490 e. The second-order valence-corrected chi connectivity index (χ2v) is 2.58. The summed E-state index contributed by atoms with van der Waals surface area (Å²) in [5, 5.41) is 15.8. The molecule has 6 heteroatoms. The van der Waals surface area contributed by atoms with Gasteiger partial charge in [0.2, 0.25) is 0 Å². The van der Waals surface area contributed by atoms with Crippen LogP contribution in [0.25, 0.3) is 0 Å². The molecule has 0 amide bonds. The van der Waals surface area contributed by atoms with Crippen LogP contribution in [0.15, 0.2) is 12.1 Å². The Morgan fingerprint density at radius 2 is 2.29 bits per heavy atom. The van der Waals surface area contributed by atoms with E-state index in [1.807, 2.05) is 0 Å². The third-order valence-corrected chi connectivity index (χ3v) is 1.76. The van der Waals surface area contributed by atoms with Gasteiger partial charge in [-0.15, -0.1) is 0 Å². The zero-order chi connectivity index (χ0) is 10.7. The van der Waals surface area contributed by atoms with Gasteiger partial charge in [-0.25, -0.2) is 0 Å². The number of rotatable bonds is 3. The molecular formula is C8H10N3O3+. The normalized spacial score (nSPS) is 9.50. The highest BCUT2D eigenvalue weighted by molar-refractivity contribution is 5.85. The average molecular weight is 196 g/mol. The van der Waals surface area contributed by atoms with Gasteiger partial charge in [-0.2, -0.15) is 0 Å². The molecule has 0 saturated carbocycles. The first kappa shape index (κ1) is 9.97. The molecule has 0 radical (unpaired) electrons. The van der Waals surface area contributed by atoms with Crippen LogP contribution in [-0.4, -0.2) is 18.2 Å². The number of hydrogen-bond acceptors (Lipinski definition) is 4. The summed E-state index contributed by atoms with van der Waals surface area (Å²) in [6, 6.07) is 2.64. The van der Waals surface area contributed by atoms with E-state index in [0.717, 1.165) is 0 Å². The minimum atomic E-state index is -0.550. The molecule has 0 unspecified atom stereocenters.